The fraction of sp³-hybridized carbons (Fsp3) is 0.267. The Bertz CT molecular complexity index is 667. The van der Waals surface area contributed by atoms with Crippen molar-refractivity contribution in [2.45, 2.75) is 18.9 Å². The number of nitrogens with one attached hydrogen (secondary N) is 1. The van der Waals surface area contributed by atoms with Gasteiger partial charge in [0.25, 0.3) is 0 Å². The number of H-pyrrole nitrogens is 1. The largest absolute Gasteiger partial charge is 0.497 e. The molecule has 21 heavy (non-hydrogen) atoms. The molecule has 1 aliphatic heterocycles. The Morgan fingerprint density at radius 2 is 2.29 bits per heavy atom. The zero-order valence-electron chi connectivity index (χ0n) is 11.6. The lowest BCUT2D eigenvalue weighted by atomic mass is 10.1. The molecule has 1 aliphatic rings. The Morgan fingerprint density at radius 1 is 1.43 bits per heavy atom. The topological polar surface area (TPSA) is 75.3 Å². The summed E-state index contributed by atoms with van der Waals surface area (Å²) in [6.45, 7) is 0. The molecule has 0 spiro atoms. The summed E-state index contributed by atoms with van der Waals surface area (Å²) in [6, 6.07) is 8.29. The minimum atomic E-state index is -0.495. The standard InChI is InChI=1S/C15H15N3O3/c1-21-11-4-2-3-10(9-11)18-13(5-6-14(18)19)15(20)12-7-8-16-17-12/h2-4,7-9,13H,5-6H2,1H3,(H,16,17). The molecule has 1 aromatic heterocycles. The summed E-state index contributed by atoms with van der Waals surface area (Å²) in [4.78, 5) is 26.2. The average molecular weight is 285 g/mol. The number of anilines is 1. The maximum absolute atomic E-state index is 12.5. The van der Waals surface area contributed by atoms with Gasteiger partial charge < -0.3 is 9.64 Å². The minimum absolute atomic E-state index is 0.0545. The quantitative estimate of drug-likeness (QED) is 0.869. The van der Waals surface area contributed by atoms with Crippen LogP contribution in [0.25, 0.3) is 0 Å². The lowest BCUT2D eigenvalue weighted by Gasteiger charge is -2.23. The van der Waals surface area contributed by atoms with Crippen LogP contribution in [0, 0.1) is 0 Å². The highest BCUT2D eigenvalue weighted by Crippen LogP contribution is 2.30. The third-order valence-corrected chi connectivity index (χ3v) is 3.61. The van der Waals surface area contributed by atoms with Gasteiger partial charge in [-0.3, -0.25) is 14.7 Å². The molecule has 1 amide bonds. The van der Waals surface area contributed by atoms with Crippen molar-refractivity contribution in [3.05, 3.63) is 42.2 Å². The van der Waals surface area contributed by atoms with E-state index in [2.05, 4.69) is 10.2 Å². The van der Waals surface area contributed by atoms with E-state index in [9.17, 15) is 9.59 Å². The molecule has 3 rings (SSSR count). The number of hydrogen-bond donors (Lipinski definition) is 1. The van der Waals surface area contributed by atoms with Crippen molar-refractivity contribution in [2.75, 3.05) is 12.0 Å². The molecule has 108 valence electrons. The third kappa shape index (κ3) is 2.40. The number of aromatic amines is 1. The molecule has 1 N–H and O–H groups in total. The second kappa shape index (κ2) is 5.40. The minimum Gasteiger partial charge on any atom is -0.497 e. The first-order valence-electron chi connectivity index (χ1n) is 6.70. The summed E-state index contributed by atoms with van der Waals surface area (Å²) in [5, 5.41) is 6.45. The summed E-state index contributed by atoms with van der Waals surface area (Å²) in [6.07, 6.45) is 2.40. The molecule has 0 radical (unpaired) electrons. The lowest BCUT2D eigenvalue weighted by molar-refractivity contribution is -0.117. The van der Waals surface area contributed by atoms with E-state index < -0.39 is 6.04 Å². The number of carbonyl (C=O) groups is 2. The van der Waals surface area contributed by atoms with E-state index in [0.29, 0.717) is 30.0 Å². The number of aromatic nitrogens is 2. The highest BCUT2D eigenvalue weighted by Gasteiger charge is 2.37. The second-order valence-corrected chi connectivity index (χ2v) is 4.85. The number of carbonyl (C=O) groups excluding carboxylic acids is 2. The maximum Gasteiger partial charge on any atom is 0.227 e. The van der Waals surface area contributed by atoms with Gasteiger partial charge in [0.15, 0.2) is 0 Å². The predicted molar refractivity (Wildman–Crippen MR) is 76.4 cm³/mol. The number of Topliss-reactive ketones (excluding diaryl/α,β-unsaturated/α-hetero) is 1. The van der Waals surface area contributed by atoms with Gasteiger partial charge in [-0.05, 0) is 24.6 Å². The van der Waals surface area contributed by atoms with Gasteiger partial charge in [0.1, 0.15) is 17.5 Å². The monoisotopic (exact) mass is 285 g/mol. The van der Waals surface area contributed by atoms with Crippen molar-refractivity contribution in [3.8, 4) is 5.75 Å². The number of nitrogens with zero attached hydrogens (tertiary/aromatic N) is 2. The number of rotatable bonds is 4. The number of hydrogen-bond acceptors (Lipinski definition) is 4. The molecular weight excluding hydrogens is 270 g/mol. The molecule has 0 aliphatic carbocycles. The van der Waals surface area contributed by atoms with Gasteiger partial charge in [-0.15, -0.1) is 0 Å². The van der Waals surface area contributed by atoms with Crippen LogP contribution in [-0.2, 0) is 4.79 Å². The second-order valence-electron chi connectivity index (χ2n) is 4.85. The molecular formula is C15H15N3O3. The summed E-state index contributed by atoms with van der Waals surface area (Å²) < 4.78 is 5.18. The average Bonchev–Trinajstić information content (AvgIpc) is 3.16. The van der Waals surface area contributed by atoms with Crippen molar-refractivity contribution < 1.29 is 14.3 Å². The first-order chi connectivity index (χ1) is 10.2. The van der Waals surface area contributed by atoms with Crippen molar-refractivity contribution in [1.82, 2.24) is 10.2 Å². The Balaban J connectivity index is 1.94. The Labute approximate surface area is 121 Å². The van der Waals surface area contributed by atoms with E-state index in [-0.39, 0.29) is 11.7 Å². The predicted octanol–water partition coefficient (Wildman–Crippen LogP) is 1.80. The number of amides is 1. The van der Waals surface area contributed by atoms with Crippen LogP contribution < -0.4 is 9.64 Å². The number of methoxy groups -OCH3 is 1. The molecule has 6 nitrogen and oxygen atoms in total. The normalized spacial score (nSPS) is 18.0. The van der Waals surface area contributed by atoms with Gasteiger partial charge in [-0.25, -0.2) is 0 Å². The summed E-state index contributed by atoms with van der Waals surface area (Å²) in [5.74, 6) is 0.474. The first kappa shape index (κ1) is 13.4. The molecule has 6 heteroatoms. The molecule has 2 aromatic rings. The van der Waals surface area contributed by atoms with Gasteiger partial charge in [0, 0.05) is 24.4 Å². The van der Waals surface area contributed by atoms with E-state index >= 15 is 0 Å². The van der Waals surface area contributed by atoms with Gasteiger partial charge in [-0.1, -0.05) is 6.07 Å². The van der Waals surface area contributed by atoms with Gasteiger partial charge in [-0.2, -0.15) is 5.10 Å². The first-order valence-corrected chi connectivity index (χ1v) is 6.70. The van der Waals surface area contributed by atoms with Crippen LogP contribution in [-0.4, -0.2) is 35.0 Å². The molecule has 2 heterocycles. The fourth-order valence-corrected chi connectivity index (χ4v) is 2.59. The maximum atomic E-state index is 12.5. The summed E-state index contributed by atoms with van der Waals surface area (Å²) in [7, 11) is 1.57. The van der Waals surface area contributed by atoms with Crippen LogP contribution in [0.4, 0.5) is 5.69 Å². The van der Waals surface area contributed by atoms with Crippen LogP contribution in [0.3, 0.4) is 0 Å². The van der Waals surface area contributed by atoms with Crippen LogP contribution in [0.1, 0.15) is 23.3 Å². The SMILES string of the molecule is COc1cccc(N2C(=O)CCC2C(=O)c2ccn[nH]2)c1. The van der Waals surface area contributed by atoms with E-state index in [0.717, 1.165) is 0 Å². The lowest BCUT2D eigenvalue weighted by Crippen LogP contribution is -2.38. The molecule has 0 saturated carbocycles. The molecule has 1 unspecified atom stereocenters. The van der Waals surface area contributed by atoms with Crippen molar-refractivity contribution in [3.63, 3.8) is 0 Å². The van der Waals surface area contributed by atoms with Crippen molar-refractivity contribution in [2.24, 2.45) is 0 Å². The number of ether oxygens (including phenoxy) is 1. The zero-order chi connectivity index (χ0) is 14.8. The Morgan fingerprint density at radius 3 is 3.00 bits per heavy atom. The van der Waals surface area contributed by atoms with Gasteiger partial charge in [0.2, 0.25) is 11.7 Å². The van der Waals surface area contributed by atoms with Crippen LogP contribution >= 0.6 is 0 Å². The fourth-order valence-electron chi connectivity index (χ4n) is 2.59. The van der Waals surface area contributed by atoms with Crippen molar-refractivity contribution in [1.29, 1.82) is 0 Å². The van der Waals surface area contributed by atoms with Gasteiger partial charge in [0.05, 0.1) is 7.11 Å². The Hall–Kier alpha value is -2.63. The summed E-state index contributed by atoms with van der Waals surface area (Å²) in [5.41, 5.74) is 1.09. The van der Waals surface area contributed by atoms with E-state index in [1.807, 2.05) is 0 Å². The highest BCUT2D eigenvalue weighted by atomic mass is 16.5. The van der Waals surface area contributed by atoms with E-state index in [1.54, 1.807) is 42.3 Å². The highest BCUT2D eigenvalue weighted by molar-refractivity contribution is 6.09. The molecule has 0 bridgehead atoms. The summed E-state index contributed by atoms with van der Waals surface area (Å²) >= 11 is 0. The van der Waals surface area contributed by atoms with Crippen LogP contribution in [0.15, 0.2) is 36.5 Å². The molecule has 1 aromatic carbocycles. The number of benzene rings is 1. The molecule has 1 atom stereocenters. The van der Waals surface area contributed by atoms with Crippen molar-refractivity contribution >= 4 is 17.4 Å². The molecule has 1 saturated heterocycles. The zero-order valence-corrected chi connectivity index (χ0v) is 11.6. The van der Waals surface area contributed by atoms with Gasteiger partial charge >= 0.3 is 0 Å². The smallest absolute Gasteiger partial charge is 0.227 e. The third-order valence-electron chi connectivity index (χ3n) is 3.61. The molecule has 1 fully saturated rings. The Kier molecular flexibility index (Phi) is 3.43. The van der Waals surface area contributed by atoms with Crippen LogP contribution in [0.2, 0.25) is 0 Å². The van der Waals surface area contributed by atoms with E-state index in [1.165, 1.54) is 6.20 Å². The van der Waals surface area contributed by atoms with Crippen LogP contribution in [0.5, 0.6) is 5.75 Å². The van der Waals surface area contributed by atoms with E-state index in [4.69, 9.17) is 4.74 Å². The number of ketones is 1.